The molecule has 1 aromatic carbocycles. The Morgan fingerprint density at radius 1 is 1.22 bits per heavy atom. The molecule has 0 saturated carbocycles. The molecule has 3 aromatic rings. The first-order valence-electron chi connectivity index (χ1n) is 7.29. The number of nitriles is 1. The van der Waals surface area contributed by atoms with Crippen molar-refractivity contribution in [1.82, 2.24) is 9.97 Å². The molecule has 2 aromatic heterocycles. The average Bonchev–Trinajstić information content (AvgIpc) is 3.02. The summed E-state index contributed by atoms with van der Waals surface area (Å²) in [5.41, 5.74) is 3.86. The van der Waals surface area contributed by atoms with Crippen molar-refractivity contribution in [3.8, 4) is 17.4 Å². The van der Waals surface area contributed by atoms with E-state index >= 15 is 0 Å². The van der Waals surface area contributed by atoms with Gasteiger partial charge in [-0.1, -0.05) is 30.3 Å². The Morgan fingerprint density at radius 3 is 2.74 bits per heavy atom. The lowest BCUT2D eigenvalue weighted by Crippen LogP contribution is -2.04. The van der Waals surface area contributed by atoms with Crippen LogP contribution in [0.4, 0.5) is 5.69 Å². The van der Waals surface area contributed by atoms with Crippen LogP contribution in [0.25, 0.3) is 11.3 Å². The number of pyridine rings is 1. The molecule has 23 heavy (non-hydrogen) atoms. The summed E-state index contributed by atoms with van der Waals surface area (Å²) in [4.78, 5) is 8.58. The largest absolute Gasteiger partial charge is 0.439 e. The van der Waals surface area contributed by atoms with Gasteiger partial charge in [0.05, 0.1) is 29.7 Å². The zero-order chi connectivity index (χ0) is 16.2. The van der Waals surface area contributed by atoms with Crippen LogP contribution in [-0.2, 0) is 6.54 Å². The van der Waals surface area contributed by atoms with Crippen LogP contribution in [0.15, 0.2) is 47.0 Å². The number of aryl methyl sites for hydroxylation is 2. The van der Waals surface area contributed by atoms with E-state index < -0.39 is 0 Å². The highest BCUT2D eigenvalue weighted by molar-refractivity contribution is 5.60. The van der Waals surface area contributed by atoms with Crippen molar-refractivity contribution >= 4 is 5.69 Å². The fourth-order valence-corrected chi connectivity index (χ4v) is 2.41. The quantitative estimate of drug-likeness (QED) is 0.792. The molecule has 0 aliphatic rings. The molecule has 3 rings (SSSR count). The molecule has 0 fully saturated rings. The summed E-state index contributed by atoms with van der Waals surface area (Å²) in [7, 11) is 0. The van der Waals surface area contributed by atoms with Gasteiger partial charge in [0.25, 0.3) is 0 Å². The maximum Gasteiger partial charge on any atom is 0.214 e. The van der Waals surface area contributed by atoms with Crippen LogP contribution in [0.5, 0.6) is 0 Å². The maximum absolute atomic E-state index is 9.27. The zero-order valence-electron chi connectivity index (χ0n) is 13.0. The van der Waals surface area contributed by atoms with Crippen LogP contribution in [0.1, 0.15) is 22.8 Å². The van der Waals surface area contributed by atoms with E-state index in [-0.39, 0.29) is 0 Å². The Balaban J connectivity index is 1.78. The van der Waals surface area contributed by atoms with Crippen molar-refractivity contribution in [3.63, 3.8) is 0 Å². The molecule has 0 bridgehead atoms. The van der Waals surface area contributed by atoms with Gasteiger partial charge in [-0.25, -0.2) is 4.98 Å². The molecule has 0 saturated heterocycles. The van der Waals surface area contributed by atoms with Crippen LogP contribution in [0, 0.1) is 25.2 Å². The maximum atomic E-state index is 9.27. The highest BCUT2D eigenvalue weighted by Crippen LogP contribution is 2.22. The van der Waals surface area contributed by atoms with Gasteiger partial charge in [0, 0.05) is 11.3 Å². The molecule has 0 aliphatic heterocycles. The van der Waals surface area contributed by atoms with Crippen molar-refractivity contribution in [1.29, 1.82) is 5.26 Å². The molecule has 0 amide bonds. The van der Waals surface area contributed by atoms with Gasteiger partial charge in [0.1, 0.15) is 6.07 Å². The van der Waals surface area contributed by atoms with Gasteiger partial charge in [-0.3, -0.25) is 4.98 Å². The SMILES string of the molecule is Cc1cc(NCc2ncc(-c3ccccc3)o2)c(C#N)c(C)n1. The average molecular weight is 304 g/mol. The summed E-state index contributed by atoms with van der Waals surface area (Å²) in [6.45, 7) is 4.14. The number of hydrogen-bond donors (Lipinski definition) is 1. The van der Waals surface area contributed by atoms with Crippen molar-refractivity contribution in [2.75, 3.05) is 5.32 Å². The van der Waals surface area contributed by atoms with Gasteiger partial charge in [-0.05, 0) is 19.9 Å². The van der Waals surface area contributed by atoms with Gasteiger partial charge < -0.3 is 9.73 Å². The summed E-state index contributed by atoms with van der Waals surface area (Å²) in [5.74, 6) is 1.30. The number of nitrogens with one attached hydrogen (secondary N) is 1. The Kier molecular flexibility index (Phi) is 4.07. The summed E-state index contributed by atoms with van der Waals surface area (Å²) >= 11 is 0. The van der Waals surface area contributed by atoms with Crippen molar-refractivity contribution < 1.29 is 4.42 Å². The van der Waals surface area contributed by atoms with Crippen LogP contribution in [0.2, 0.25) is 0 Å². The predicted octanol–water partition coefficient (Wildman–Crippen LogP) is 3.84. The Labute approximate surface area is 134 Å². The molecule has 0 aliphatic carbocycles. The molecule has 2 heterocycles. The molecule has 5 nitrogen and oxygen atoms in total. The zero-order valence-corrected chi connectivity index (χ0v) is 13.0. The van der Waals surface area contributed by atoms with Gasteiger partial charge in [-0.15, -0.1) is 0 Å². The van der Waals surface area contributed by atoms with Crippen LogP contribution < -0.4 is 5.32 Å². The third-order valence-electron chi connectivity index (χ3n) is 3.48. The summed E-state index contributed by atoms with van der Waals surface area (Å²) < 4.78 is 5.75. The smallest absolute Gasteiger partial charge is 0.214 e. The predicted molar refractivity (Wildman–Crippen MR) is 87.7 cm³/mol. The second kappa shape index (κ2) is 6.32. The normalized spacial score (nSPS) is 10.3. The first-order chi connectivity index (χ1) is 11.2. The van der Waals surface area contributed by atoms with Crippen LogP contribution in [0.3, 0.4) is 0 Å². The molecule has 114 valence electrons. The number of oxazole rings is 1. The van der Waals surface area contributed by atoms with E-state index in [1.54, 1.807) is 6.20 Å². The lowest BCUT2D eigenvalue weighted by Gasteiger charge is -2.09. The second-order valence-corrected chi connectivity index (χ2v) is 5.22. The Morgan fingerprint density at radius 2 is 2.00 bits per heavy atom. The monoisotopic (exact) mass is 304 g/mol. The molecular formula is C18H16N4O. The molecule has 1 N–H and O–H groups in total. The van der Waals surface area contributed by atoms with E-state index in [0.29, 0.717) is 23.7 Å². The van der Waals surface area contributed by atoms with Crippen LogP contribution in [-0.4, -0.2) is 9.97 Å². The minimum absolute atomic E-state index is 0.407. The van der Waals surface area contributed by atoms with Crippen molar-refractivity contribution in [2.45, 2.75) is 20.4 Å². The molecule has 0 spiro atoms. The third kappa shape index (κ3) is 3.22. The fourth-order valence-electron chi connectivity index (χ4n) is 2.41. The number of benzene rings is 1. The summed E-state index contributed by atoms with van der Waals surface area (Å²) in [6, 6.07) is 13.9. The van der Waals surface area contributed by atoms with E-state index in [4.69, 9.17) is 4.42 Å². The highest BCUT2D eigenvalue weighted by atomic mass is 16.4. The third-order valence-corrected chi connectivity index (χ3v) is 3.48. The number of anilines is 1. The standard InChI is InChI=1S/C18H16N4O/c1-12-8-16(15(9-19)13(2)22-12)20-11-18-21-10-17(23-18)14-6-4-3-5-7-14/h3-8,10H,11H2,1-2H3,(H,20,22). The van der Waals surface area contributed by atoms with Gasteiger partial charge in [-0.2, -0.15) is 5.26 Å². The molecule has 5 heteroatoms. The van der Waals surface area contributed by atoms with Crippen molar-refractivity contribution in [2.24, 2.45) is 0 Å². The molecule has 0 unspecified atom stereocenters. The molecular weight excluding hydrogens is 288 g/mol. The number of hydrogen-bond acceptors (Lipinski definition) is 5. The number of aromatic nitrogens is 2. The topological polar surface area (TPSA) is 74.7 Å². The fraction of sp³-hybridized carbons (Fsp3) is 0.167. The van der Waals surface area contributed by atoms with E-state index in [2.05, 4.69) is 21.4 Å². The number of rotatable bonds is 4. The summed E-state index contributed by atoms with van der Waals surface area (Å²) in [5, 5.41) is 12.5. The van der Waals surface area contributed by atoms with Crippen molar-refractivity contribution in [3.05, 3.63) is 65.4 Å². The molecule has 0 atom stereocenters. The van der Waals surface area contributed by atoms with E-state index in [9.17, 15) is 5.26 Å². The van der Waals surface area contributed by atoms with Gasteiger partial charge in [0.15, 0.2) is 5.76 Å². The van der Waals surface area contributed by atoms with E-state index in [0.717, 1.165) is 22.7 Å². The second-order valence-electron chi connectivity index (χ2n) is 5.22. The Bertz CT molecular complexity index is 862. The minimum atomic E-state index is 0.407. The first kappa shape index (κ1) is 14.8. The van der Waals surface area contributed by atoms with Gasteiger partial charge in [0.2, 0.25) is 5.89 Å². The van der Waals surface area contributed by atoms with E-state index in [1.165, 1.54) is 0 Å². The lowest BCUT2D eigenvalue weighted by atomic mass is 10.1. The van der Waals surface area contributed by atoms with Crippen LogP contribution >= 0.6 is 0 Å². The lowest BCUT2D eigenvalue weighted by molar-refractivity contribution is 0.516. The summed E-state index contributed by atoms with van der Waals surface area (Å²) in [6.07, 6.45) is 1.71. The Hall–Kier alpha value is -3.13. The van der Waals surface area contributed by atoms with Gasteiger partial charge >= 0.3 is 0 Å². The van der Waals surface area contributed by atoms with E-state index in [1.807, 2.05) is 50.2 Å². The number of nitrogens with zero attached hydrogens (tertiary/aromatic N) is 3. The highest BCUT2D eigenvalue weighted by Gasteiger charge is 2.10. The molecule has 0 radical (unpaired) electrons. The first-order valence-corrected chi connectivity index (χ1v) is 7.29. The minimum Gasteiger partial charge on any atom is -0.439 e.